The second kappa shape index (κ2) is 9.01. The van der Waals surface area contributed by atoms with E-state index in [-0.39, 0.29) is 12.1 Å². The molecule has 0 saturated carbocycles. The highest BCUT2D eigenvalue weighted by Crippen LogP contribution is 2.25. The quantitative estimate of drug-likeness (QED) is 0.519. The molecule has 3 N–H and O–H groups in total. The van der Waals surface area contributed by atoms with E-state index in [2.05, 4.69) is 53.5 Å². The first-order chi connectivity index (χ1) is 13.5. The van der Waals surface area contributed by atoms with Crippen molar-refractivity contribution in [3.8, 4) is 0 Å². The third-order valence-electron chi connectivity index (χ3n) is 4.92. The molecule has 7 heteroatoms. The van der Waals surface area contributed by atoms with Gasteiger partial charge in [-0.05, 0) is 32.3 Å². The first-order valence-corrected chi connectivity index (χ1v) is 10.00. The van der Waals surface area contributed by atoms with Crippen LogP contribution in [0.25, 0.3) is 11.2 Å². The largest absolute Gasteiger partial charge is 0.391 e. The summed E-state index contributed by atoms with van der Waals surface area (Å²) in [5.41, 5.74) is 2.66. The molecular formula is C21H30N6O. The number of imidazole rings is 1. The Hall–Kier alpha value is -2.67. The van der Waals surface area contributed by atoms with Crippen molar-refractivity contribution in [1.82, 2.24) is 19.5 Å². The van der Waals surface area contributed by atoms with Crippen LogP contribution in [-0.2, 0) is 6.54 Å². The topological polar surface area (TPSA) is 87.9 Å². The zero-order valence-corrected chi connectivity index (χ0v) is 17.1. The number of hydrogen-bond acceptors (Lipinski definition) is 6. The van der Waals surface area contributed by atoms with Crippen LogP contribution in [0.3, 0.4) is 0 Å². The summed E-state index contributed by atoms with van der Waals surface area (Å²) in [4.78, 5) is 13.9. The summed E-state index contributed by atoms with van der Waals surface area (Å²) < 4.78 is 2.03. The predicted octanol–water partition coefficient (Wildman–Crippen LogP) is 3.98. The van der Waals surface area contributed by atoms with Gasteiger partial charge in [0.05, 0.1) is 18.5 Å². The fourth-order valence-electron chi connectivity index (χ4n) is 3.18. The van der Waals surface area contributed by atoms with Crippen LogP contribution in [-0.4, -0.2) is 36.8 Å². The number of benzene rings is 1. The van der Waals surface area contributed by atoms with Crippen LogP contribution < -0.4 is 10.6 Å². The molecule has 0 amide bonds. The monoisotopic (exact) mass is 382 g/mol. The summed E-state index contributed by atoms with van der Waals surface area (Å²) in [5, 5.41) is 17.0. The van der Waals surface area contributed by atoms with Crippen LogP contribution in [0, 0.1) is 0 Å². The lowest BCUT2D eigenvalue weighted by molar-refractivity contribution is 0.146. The summed E-state index contributed by atoms with van der Waals surface area (Å²) in [6, 6.07) is 10.3. The third-order valence-corrected chi connectivity index (χ3v) is 4.92. The van der Waals surface area contributed by atoms with Crippen molar-refractivity contribution in [3.63, 3.8) is 0 Å². The average Bonchev–Trinajstić information content (AvgIpc) is 3.15. The Kier molecular flexibility index (Phi) is 6.46. The smallest absolute Gasteiger partial charge is 0.227 e. The van der Waals surface area contributed by atoms with Crippen LogP contribution in [0.5, 0.6) is 0 Å². The number of fused-ring (bicyclic) bond motifs is 1. The molecule has 0 fully saturated rings. The Morgan fingerprint density at radius 1 is 1.07 bits per heavy atom. The zero-order chi connectivity index (χ0) is 20.1. The average molecular weight is 383 g/mol. The molecule has 28 heavy (non-hydrogen) atoms. The van der Waals surface area contributed by atoms with Gasteiger partial charge in [0.1, 0.15) is 0 Å². The molecule has 0 aliphatic heterocycles. The zero-order valence-electron chi connectivity index (χ0n) is 17.1. The number of nitrogens with zero attached hydrogens (tertiary/aromatic N) is 4. The van der Waals surface area contributed by atoms with Gasteiger partial charge in [-0.1, -0.05) is 44.2 Å². The van der Waals surface area contributed by atoms with Gasteiger partial charge < -0.3 is 20.3 Å². The minimum atomic E-state index is -0.442. The van der Waals surface area contributed by atoms with Crippen LogP contribution >= 0.6 is 0 Å². The van der Waals surface area contributed by atoms with Crippen molar-refractivity contribution in [2.45, 2.75) is 65.3 Å². The second-order valence-corrected chi connectivity index (χ2v) is 7.29. The molecule has 2 aromatic heterocycles. The first-order valence-electron chi connectivity index (χ1n) is 10.00. The van der Waals surface area contributed by atoms with E-state index in [1.165, 1.54) is 0 Å². The molecule has 1 aromatic carbocycles. The summed E-state index contributed by atoms with van der Waals surface area (Å²) in [6.07, 6.45) is 2.83. The normalized spacial score (nSPS) is 13.6. The Labute approximate surface area is 166 Å². The predicted molar refractivity (Wildman–Crippen MR) is 113 cm³/mol. The van der Waals surface area contributed by atoms with Crippen molar-refractivity contribution in [2.75, 3.05) is 10.6 Å². The third kappa shape index (κ3) is 4.42. The minimum Gasteiger partial charge on any atom is -0.391 e. The van der Waals surface area contributed by atoms with Gasteiger partial charge in [-0.2, -0.15) is 9.97 Å². The Balaban J connectivity index is 1.95. The van der Waals surface area contributed by atoms with E-state index in [0.29, 0.717) is 24.7 Å². The molecular weight excluding hydrogens is 352 g/mol. The summed E-state index contributed by atoms with van der Waals surface area (Å²) in [6.45, 7) is 8.86. The molecule has 0 unspecified atom stereocenters. The highest BCUT2D eigenvalue weighted by molar-refractivity contribution is 5.84. The fraction of sp³-hybridized carbons (Fsp3) is 0.476. The Morgan fingerprint density at radius 3 is 2.46 bits per heavy atom. The van der Waals surface area contributed by atoms with Crippen LogP contribution in [0.4, 0.5) is 11.8 Å². The highest BCUT2D eigenvalue weighted by Gasteiger charge is 2.20. The van der Waals surface area contributed by atoms with E-state index < -0.39 is 6.10 Å². The number of aliphatic hydroxyl groups excluding tert-OH is 1. The number of nitrogens with one attached hydrogen (secondary N) is 2. The molecule has 7 nitrogen and oxygen atoms in total. The molecule has 0 bridgehead atoms. The number of anilines is 2. The van der Waals surface area contributed by atoms with Gasteiger partial charge >= 0.3 is 0 Å². The van der Waals surface area contributed by atoms with Crippen molar-refractivity contribution >= 4 is 22.9 Å². The van der Waals surface area contributed by atoms with Crippen molar-refractivity contribution in [2.24, 2.45) is 0 Å². The molecule has 3 rings (SSSR count). The maximum atomic E-state index is 10.3. The number of hydrogen-bond donors (Lipinski definition) is 3. The molecule has 0 aliphatic carbocycles. The van der Waals surface area contributed by atoms with Gasteiger partial charge in [0, 0.05) is 12.6 Å². The summed E-state index contributed by atoms with van der Waals surface area (Å²) in [5.74, 6) is 1.20. The van der Waals surface area contributed by atoms with E-state index in [9.17, 15) is 5.11 Å². The van der Waals surface area contributed by atoms with Crippen LogP contribution in [0.2, 0.25) is 0 Å². The lowest BCUT2D eigenvalue weighted by Gasteiger charge is -2.23. The lowest BCUT2D eigenvalue weighted by atomic mass is 10.1. The van der Waals surface area contributed by atoms with Gasteiger partial charge in [0.15, 0.2) is 17.0 Å². The molecule has 0 aliphatic rings. The van der Waals surface area contributed by atoms with E-state index in [1.54, 1.807) is 6.33 Å². The molecule has 150 valence electrons. The van der Waals surface area contributed by atoms with Crippen molar-refractivity contribution < 1.29 is 5.11 Å². The van der Waals surface area contributed by atoms with E-state index in [0.717, 1.165) is 23.1 Å². The van der Waals surface area contributed by atoms with Gasteiger partial charge in [-0.15, -0.1) is 0 Å². The SMILES string of the molecule is CC[C@H](Nc1nc(NCc2ccccc2)nc2c1ncn2C(C)C)[C@@H](O)CC. The van der Waals surface area contributed by atoms with E-state index >= 15 is 0 Å². The second-order valence-electron chi connectivity index (χ2n) is 7.29. The molecule has 2 atom stereocenters. The summed E-state index contributed by atoms with van der Waals surface area (Å²) >= 11 is 0. The number of aliphatic hydroxyl groups is 1. The number of rotatable bonds is 9. The Morgan fingerprint density at radius 2 is 1.82 bits per heavy atom. The van der Waals surface area contributed by atoms with Crippen molar-refractivity contribution in [3.05, 3.63) is 42.2 Å². The van der Waals surface area contributed by atoms with Gasteiger partial charge in [-0.3, -0.25) is 0 Å². The van der Waals surface area contributed by atoms with Crippen LogP contribution in [0.15, 0.2) is 36.7 Å². The lowest BCUT2D eigenvalue weighted by Crippen LogP contribution is -2.33. The molecule has 0 spiro atoms. The summed E-state index contributed by atoms with van der Waals surface area (Å²) in [7, 11) is 0. The molecule has 0 saturated heterocycles. The maximum Gasteiger partial charge on any atom is 0.227 e. The fourth-order valence-corrected chi connectivity index (χ4v) is 3.18. The van der Waals surface area contributed by atoms with Crippen molar-refractivity contribution in [1.29, 1.82) is 0 Å². The van der Waals surface area contributed by atoms with Gasteiger partial charge in [-0.25, -0.2) is 4.98 Å². The van der Waals surface area contributed by atoms with Gasteiger partial charge in [0.2, 0.25) is 5.95 Å². The molecule has 3 aromatic rings. The minimum absolute atomic E-state index is 0.0886. The molecule has 0 radical (unpaired) electrons. The molecule has 2 heterocycles. The standard InChI is InChI=1S/C21H30N6O/c1-5-16(17(28)6-2)24-19-18-20(27(13-23-18)14(3)4)26-21(25-19)22-12-15-10-8-7-9-11-15/h7-11,13-14,16-17,28H,5-6,12H2,1-4H3,(H2,22,24,25,26)/t16-,17-/m0/s1. The van der Waals surface area contributed by atoms with Gasteiger partial charge in [0.25, 0.3) is 0 Å². The Bertz CT molecular complexity index is 893. The highest BCUT2D eigenvalue weighted by atomic mass is 16.3. The van der Waals surface area contributed by atoms with E-state index in [4.69, 9.17) is 4.98 Å². The first kappa shape index (κ1) is 20.1. The maximum absolute atomic E-state index is 10.3. The van der Waals surface area contributed by atoms with E-state index in [1.807, 2.05) is 29.7 Å². The van der Waals surface area contributed by atoms with Crippen LogP contribution in [0.1, 0.15) is 52.1 Å². The number of aromatic nitrogens is 4.